The van der Waals surface area contributed by atoms with Gasteiger partial charge in [0.25, 0.3) is 11.1 Å². The number of thioether (sulfide) groups is 1. The fourth-order valence-electron chi connectivity index (χ4n) is 2.21. The zero-order valence-electron chi connectivity index (χ0n) is 14.3. The smallest absolute Gasteiger partial charge is 0.293 e. The van der Waals surface area contributed by atoms with E-state index in [4.69, 9.17) is 14.2 Å². The minimum absolute atomic E-state index is 0.243. The summed E-state index contributed by atoms with van der Waals surface area (Å²) in [5.41, 5.74) is 0.740. The third kappa shape index (κ3) is 4.77. The van der Waals surface area contributed by atoms with Crippen molar-refractivity contribution in [1.82, 2.24) is 4.90 Å². The van der Waals surface area contributed by atoms with E-state index >= 15 is 0 Å². The van der Waals surface area contributed by atoms with E-state index in [9.17, 15) is 9.59 Å². The average molecular weight is 430 g/mol. The number of nitrogens with zero attached hydrogens (tertiary/aromatic N) is 1. The lowest BCUT2D eigenvalue weighted by molar-refractivity contribution is -0.123. The van der Waals surface area contributed by atoms with Crippen molar-refractivity contribution >= 4 is 44.9 Å². The Kier molecular flexibility index (Phi) is 7.34. The zero-order chi connectivity index (χ0) is 18.4. The van der Waals surface area contributed by atoms with Gasteiger partial charge in [0.15, 0.2) is 11.5 Å². The third-order valence-corrected chi connectivity index (χ3v) is 4.94. The number of carbonyl (C=O) groups excluding carboxylic acids is 2. The van der Waals surface area contributed by atoms with Crippen LogP contribution in [0.1, 0.15) is 19.4 Å². The molecule has 25 heavy (non-hydrogen) atoms. The van der Waals surface area contributed by atoms with Gasteiger partial charge in [0.05, 0.1) is 31.3 Å². The molecule has 1 aromatic carbocycles. The number of methoxy groups -OCH3 is 1. The molecule has 8 heteroatoms. The predicted molar refractivity (Wildman–Crippen MR) is 101 cm³/mol. The Labute approximate surface area is 159 Å². The minimum Gasteiger partial charge on any atom is -0.490 e. The van der Waals surface area contributed by atoms with Crippen LogP contribution in [0, 0.1) is 0 Å². The number of ether oxygens (including phenoxy) is 3. The SMILES string of the molecule is CCOc1cc(Br)c(/C=C2/SC(=O)N(CCOC)C2=O)cc1OCC. The van der Waals surface area contributed by atoms with Crippen molar-refractivity contribution in [3.8, 4) is 11.5 Å². The van der Waals surface area contributed by atoms with Crippen molar-refractivity contribution in [1.29, 1.82) is 0 Å². The lowest BCUT2D eigenvalue weighted by Gasteiger charge is -2.13. The molecule has 1 aromatic rings. The number of amides is 2. The van der Waals surface area contributed by atoms with E-state index in [1.54, 1.807) is 18.2 Å². The fourth-order valence-corrected chi connectivity index (χ4v) is 3.51. The number of benzene rings is 1. The monoisotopic (exact) mass is 429 g/mol. The molecular weight excluding hydrogens is 410 g/mol. The largest absolute Gasteiger partial charge is 0.490 e. The molecule has 2 rings (SSSR count). The molecular formula is C17H20BrNO5S. The van der Waals surface area contributed by atoms with Crippen LogP contribution >= 0.6 is 27.7 Å². The molecule has 0 aliphatic carbocycles. The molecule has 0 aromatic heterocycles. The quantitative estimate of drug-likeness (QED) is 0.583. The second kappa shape index (κ2) is 9.26. The number of halogens is 1. The summed E-state index contributed by atoms with van der Waals surface area (Å²) >= 11 is 4.40. The lowest BCUT2D eigenvalue weighted by atomic mass is 10.2. The Hall–Kier alpha value is -1.51. The Bertz CT molecular complexity index is 692. The molecule has 0 N–H and O–H groups in total. The van der Waals surface area contributed by atoms with Crippen LogP contribution in [-0.2, 0) is 9.53 Å². The molecule has 0 saturated carbocycles. The van der Waals surface area contributed by atoms with E-state index in [-0.39, 0.29) is 17.7 Å². The summed E-state index contributed by atoms with van der Waals surface area (Å²) in [6, 6.07) is 3.59. The van der Waals surface area contributed by atoms with Crippen LogP contribution in [0.5, 0.6) is 11.5 Å². The fraction of sp³-hybridized carbons (Fsp3) is 0.412. The Morgan fingerprint density at radius 3 is 2.40 bits per heavy atom. The molecule has 0 unspecified atom stereocenters. The first-order valence-corrected chi connectivity index (χ1v) is 9.46. The number of imide groups is 1. The molecule has 0 bridgehead atoms. The van der Waals surface area contributed by atoms with E-state index in [0.717, 1.165) is 21.8 Å². The van der Waals surface area contributed by atoms with Crippen molar-refractivity contribution in [2.24, 2.45) is 0 Å². The molecule has 0 spiro atoms. The summed E-state index contributed by atoms with van der Waals surface area (Å²) in [6.45, 7) is 5.35. The van der Waals surface area contributed by atoms with Gasteiger partial charge in [-0.25, -0.2) is 0 Å². The van der Waals surface area contributed by atoms with E-state index < -0.39 is 0 Å². The maximum Gasteiger partial charge on any atom is 0.293 e. The van der Waals surface area contributed by atoms with Crippen molar-refractivity contribution in [2.45, 2.75) is 13.8 Å². The second-order valence-corrected chi connectivity index (χ2v) is 6.86. The Morgan fingerprint density at radius 2 is 1.80 bits per heavy atom. The van der Waals surface area contributed by atoms with Gasteiger partial charge < -0.3 is 14.2 Å². The minimum atomic E-state index is -0.314. The van der Waals surface area contributed by atoms with Crippen LogP contribution in [0.3, 0.4) is 0 Å². The van der Waals surface area contributed by atoms with Gasteiger partial charge in [-0.2, -0.15) is 0 Å². The zero-order valence-corrected chi connectivity index (χ0v) is 16.7. The van der Waals surface area contributed by atoms with Crippen LogP contribution in [0.2, 0.25) is 0 Å². The standard InChI is InChI=1S/C17H20BrNO5S/c1-4-23-13-8-11(12(18)10-14(13)24-5-2)9-15-16(20)19(6-7-22-3)17(21)25-15/h8-10H,4-7H2,1-3H3/b15-9+. The van der Waals surface area contributed by atoms with E-state index in [2.05, 4.69) is 15.9 Å². The van der Waals surface area contributed by atoms with Gasteiger partial charge in [-0.3, -0.25) is 14.5 Å². The third-order valence-electron chi connectivity index (χ3n) is 3.34. The number of hydrogen-bond acceptors (Lipinski definition) is 6. The van der Waals surface area contributed by atoms with Crippen LogP contribution < -0.4 is 9.47 Å². The highest BCUT2D eigenvalue weighted by Crippen LogP contribution is 2.38. The van der Waals surface area contributed by atoms with Gasteiger partial charge in [0, 0.05) is 11.6 Å². The average Bonchev–Trinajstić information content (AvgIpc) is 2.84. The summed E-state index contributed by atoms with van der Waals surface area (Å²) < 4.78 is 16.9. The molecule has 1 aliphatic rings. The molecule has 136 valence electrons. The van der Waals surface area contributed by atoms with Crippen molar-refractivity contribution < 1.29 is 23.8 Å². The van der Waals surface area contributed by atoms with Crippen molar-refractivity contribution in [3.05, 3.63) is 27.1 Å². The molecule has 6 nitrogen and oxygen atoms in total. The van der Waals surface area contributed by atoms with E-state index in [1.807, 2.05) is 13.8 Å². The van der Waals surface area contributed by atoms with Gasteiger partial charge in [-0.1, -0.05) is 15.9 Å². The van der Waals surface area contributed by atoms with Gasteiger partial charge in [0.2, 0.25) is 0 Å². The first-order chi connectivity index (χ1) is 12.0. The maximum absolute atomic E-state index is 12.4. The highest BCUT2D eigenvalue weighted by molar-refractivity contribution is 9.10. The topological polar surface area (TPSA) is 65.1 Å². The number of hydrogen-bond donors (Lipinski definition) is 0. The molecule has 1 aliphatic heterocycles. The first kappa shape index (κ1) is 19.8. The first-order valence-electron chi connectivity index (χ1n) is 7.85. The summed E-state index contributed by atoms with van der Waals surface area (Å²) in [6.07, 6.45) is 1.68. The van der Waals surface area contributed by atoms with Crippen molar-refractivity contribution in [3.63, 3.8) is 0 Å². The van der Waals surface area contributed by atoms with Gasteiger partial charge in [0.1, 0.15) is 0 Å². The van der Waals surface area contributed by atoms with Crippen molar-refractivity contribution in [2.75, 3.05) is 33.5 Å². The van der Waals surface area contributed by atoms with Gasteiger partial charge in [-0.05, 0) is 49.4 Å². The molecule has 1 saturated heterocycles. The predicted octanol–water partition coefficient (Wildman–Crippen LogP) is 3.93. The summed E-state index contributed by atoms with van der Waals surface area (Å²) in [7, 11) is 1.53. The van der Waals surface area contributed by atoms with E-state index in [0.29, 0.717) is 36.2 Å². The molecule has 0 atom stereocenters. The summed E-state index contributed by atoms with van der Waals surface area (Å²) in [4.78, 5) is 26.0. The number of rotatable bonds is 8. The number of carbonyl (C=O) groups is 2. The van der Waals surface area contributed by atoms with Crippen LogP contribution in [0.15, 0.2) is 21.5 Å². The second-order valence-electron chi connectivity index (χ2n) is 5.01. The maximum atomic E-state index is 12.4. The Balaban J connectivity index is 2.32. The van der Waals surface area contributed by atoms with Gasteiger partial charge in [-0.15, -0.1) is 0 Å². The highest BCUT2D eigenvalue weighted by atomic mass is 79.9. The highest BCUT2D eigenvalue weighted by Gasteiger charge is 2.34. The molecule has 1 heterocycles. The molecule has 2 amide bonds. The summed E-state index contributed by atoms with van der Waals surface area (Å²) in [5.74, 6) is 0.907. The molecule has 1 fully saturated rings. The normalized spacial score (nSPS) is 16.0. The van der Waals surface area contributed by atoms with Gasteiger partial charge >= 0.3 is 0 Å². The summed E-state index contributed by atoms with van der Waals surface area (Å²) in [5, 5.41) is -0.291. The van der Waals surface area contributed by atoms with Crippen LogP contribution in [0.4, 0.5) is 4.79 Å². The van der Waals surface area contributed by atoms with E-state index in [1.165, 1.54) is 12.0 Å². The molecule has 0 radical (unpaired) electrons. The Morgan fingerprint density at radius 1 is 1.16 bits per heavy atom. The lowest BCUT2D eigenvalue weighted by Crippen LogP contribution is -2.31. The van der Waals surface area contributed by atoms with Crippen LogP contribution in [0.25, 0.3) is 6.08 Å². The van der Waals surface area contributed by atoms with Crippen LogP contribution in [-0.4, -0.2) is 49.5 Å².